The molecule has 84 valence electrons. The lowest BCUT2D eigenvalue weighted by Crippen LogP contribution is -1.85. The third kappa shape index (κ3) is 1.46. The second-order valence-corrected chi connectivity index (χ2v) is 3.47. The summed E-state index contributed by atoms with van der Waals surface area (Å²) in [5, 5.41) is 10.5. The van der Waals surface area contributed by atoms with Crippen LogP contribution in [-0.2, 0) is 0 Å². The quantitative estimate of drug-likeness (QED) is 0.499. The predicted molar refractivity (Wildman–Crippen MR) is 59.5 cm³/mol. The molecule has 0 amide bonds. The van der Waals surface area contributed by atoms with Gasteiger partial charge in [-0.3, -0.25) is 14.5 Å². The Hall–Kier alpha value is -2.63. The average Bonchev–Trinajstić information content (AvgIpc) is 2.95. The molecule has 0 aliphatic heterocycles. The predicted octanol–water partition coefficient (Wildman–Crippen LogP) is 2.50. The van der Waals surface area contributed by atoms with Crippen molar-refractivity contribution in [2.45, 2.75) is 0 Å². The highest BCUT2D eigenvalue weighted by atomic mass is 16.6. The first-order valence-electron chi connectivity index (χ1n) is 4.92. The van der Waals surface area contributed by atoms with E-state index in [4.69, 9.17) is 4.42 Å². The van der Waals surface area contributed by atoms with E-state index in [1.807, 2.05) is 28.8 Å². The summed E-state index contributed by atoms with van der Waals surface area (Å²) in [5.41, 5.74) is 1.45. The molecule has 0 aliphatic rings. The summed E-state index contributed by atoms with van der Waals surface area (Å²) in [6.45, 7) is 0. The summed E-state index contributed by atoms with van der Waals surface area (Å²) in [5.74, 6) is 0.154. The second-order valence-electron chi connectivity index (χ2n) is 3.47. The maximum atomic E-state index is 10.5. The maximum absolute atomic E-state index is 10.5. The van der Waals surface area contributed by atoms with Crippen molar-refractivity contribution in [1.29, 1.82) is 0 Å². The van der Waals surface area contributed by atoms with Crippen LogP contribution in [0.25, 0.3) is 17.1 Å². The Morgan fingerprint density at radius 1 is 1.29 bits per heavy atom. The third-order valence-electron chi connectivity index (χ3n) is 2.44. The van der Waals surface area contributed by atoms with Gasteiger partial charge in [-0.1, -0.05) is 6.07 Å². The zero-order valence-electron chi connectivity index (χ0n) is 8.61. The van der Waals surface area contributed by atoms with Gasteiger partial charge in [-0.15, -0.1) is 0 Å². The molecular weight excluding hydrogens is 222 g/mol. The highest BCUT2D eigenvalue weighted by molar-refractivity contribution is 5.59. The number of hydrogen-bond acceptors (Lipinski definition) is 4. The molecule has 0 radical (unpaired) electrons. The van der Waals surface area contributed by atoms with Crippen molar-refractivity contribution in [2.24, 2.45) is 0 Å². The Morgan fingerprint density at radius 3 is 2.94 bits per heavy atom. The van der Waals surface area contributed by atoms with Gasteiger partial charge in [-0.25, -0.2) is 4.98 Å². The number of nitrogens with zero attached hydrogens (tertiary/aromatic N) is 3. The minimum absolute atomic E-state index is 0.272. The number of aromatic nitrogens is 2. The van der Waals surface area contributed by atoms with E-state index in [9.17, 15) is 10.1 Å². The lowest BCUT2D eigenvalue weighted by molar-refractivity contribution is -0.401. The van der Waals surface area contributed by atoms with Crippen LogP contribution in [0.1, 0.15) is 0 Å². The van der Waals surface area contributed by atoms with Crippen molar-refractivity contribution in [3.8, 4) is 11.5 Å². The topological polar surface area (TPSA) is 73.6 Å². The monoisotopic (exact) mass is 229 g/mol. The molecule has 0 saturated heterocycles. The Kier molecular flexibility index (Phi) is 1.94. The van der Waals surface area contributed by atoms with Gasteiger partial charge in [0.05, 0.1) is 12.3 Å². The fourth-order valence-corrected chi connectivity index (χ4v) is 1.68. The van der Waals surface area contributed by atoms with E-state index in [2.05, 4.69) is 4.98 Å². The summed E-state index contributed by atoms with van der Waals surface area (Å²) in [6, 6.07) is 8.47. The number of furan rings is 1. The summed E-state index contributed by atoms with van der Waals surface area (Å²) >= 11 is 0. The van der Waals surface area contributed by atoms with Crippen molar-refractivity contribution in [1.82, 2.24) is 9.38 Å². The molecule has 0 N–H and O–H groups in total. The van der Waals surface area contributed by atoms with Crippen LogP contribution in [0, 0.1) is 10.1 Å². The molecule has 0 spiro atoms. The van der Waals surface area contributed by atoms with E-state index in [1.54, 1.807) is 12.3 Å². The van der Waals surface area contributed by atoms with Crippen LogP contribution in [0.15, 0.2) is 47.1 Å². The molecule has 0 saturated carbocycles. The summed E-state index contributed by atoms with van der Waals surface area (Å²) in [4.78, 5) is 14.2. The molecule has 3 rings (SSSR count). The number of fused-ring (bicyclic) bond motifs is 1. The van der Waals surface area contributed by atoms with E-state index in [0.29, 0.717) is 11.5 Å². The second kappa shape index (κ2) is 3.44. The van der Waals surface area contributed by atoms with Crippen LogP contribution in [0.4, 0.5) is 5.88 Å². The highest BCUT2D eigenvalue weighted by Crippen LogP contribution is 2.26. The Bertz CT molecular complexity index is 699. The van der Waals surface area contributed by atoms with E-state index in [1.165, 1.54) is 6.07 Å². The van der Waals surface area contributed by atoms with Gasteiger partial charge in [0.1, 0.15) is 16.3 Å². The molecule has 0 unspecified atom stereocenters. The first-order chi connectivity index (χ1) is 8.25. The lowest BCUT2D eigenvalue weighted by Gasteiger charge is -1.96. The standard InChI is InChI=1S/C11H7N3O3/c15-14(16)11-5-4-9(17-11)8-7-12-10-3-1-2-6-13(8)10/h1-7H. The Labute approximate surface area is 95.3 Å². The molecule has 17 heavy (non-hydrogen) atoms. The van der Waals surface area contributed by atoms with Gasteiger partial charge in [0.15, 0.2) is 5.76 Å². The molecular formula is C11H7N3O3. The normalized spacial score (nSPS) is 10.8. The van der Waals surface area contributed by atoms with E-state index in [0.717, 1.165) is 5.65 Å². The Morgan fingerprint density at radius 2 is 2.18 bits per heavy atom. The third-order valence-corrected chi connectivity index (χ3v) is 2.44. The maximum Gasteiger partial charge on any atom is 0.433 e. The van der Waals surface area contributed by atoms with Crippen LogP contribution in [0.5, 0.6) is 0 Å². The zero-order valence-corrected chi connectivity index (χ0v) is 8.61. The van der Waals surface area contributed by atoms with E-state index in [-0.39, 0.29) is 5.88 Å². The van der Waals surface area contributed by atoms with Gasteiger partial charge < -0.3 is 4.42 Å². The SMILES string of the molecule is O=[N+]([O-])c1ccc(-c2cnc3ccccn23)o1. The fourth-order valence-electron chi connectivity index (χ4n) is 1.68. The molecule has 6 nitrogen and oxygen atoms in total. The fraction of sp³-hybridized carbons (Fsp3) is 0. The van der Waals surface area contributed by atoms with Gasteiger partial charge >= 0.3 is 5.88 Å². The molecule has 0 fully saturated rings. The molecule has 0 aliphatic carbocycles. The molecule has 0 aromatic carbocycles. The molecule has 6 heteroatoms. The zero-order chi connectivity index (χ0) is 11.8. The molecule has 3 aromatic heterocycles. The summed E-state index contributed by atoms with van der Waals surface area (Å²) in [7, 11) is 0. The van der Waals surface area contributed by atoms with Gasteiger partial charge in [0.25, 0.3) is 0 Å². The van der Waals surface area contributed by atoms with Crippen LogP contribution in [0.3, 0.4) is 0 Å². The number of hydrogen-bond donors (Lipinski definition) is 0. The molecule has 3 heterocycles. The first-order valence-corrected chi connectivity index (χ1v) is 4.92. The number of rotatable bonds is 2. The van der Waals surface area contributed by atoms with Crippen molar-refractivity contribution < 1.29 is 9.34 Å². The van der Waals surface area contributed by atoms with Gasteiger partial charge in [-0.2, -0.15) is 0 Å². The van der Waals surface area contributed by atoms with Crippen LogP contribution >= 0.6 is 0 Å². The van der Waals surface area contributed by atoms with Gasteiger partial charge in [-0.05, 0) is 18.2 Å². The average molecular weight is 229 g/mol. The van der Waals surface area contributed by atoms with Crippen molar-refractivity contribution >= 4 is 11.5 Å². The molecule has 3 aromatic rings. The number of pyridine rings is 1. The van der Waals surface area contributed by atoms with Crippen molar-refractivity contribution in [2.75, 3.05) is 0 Å². The van der Waals surface area contributed by atoms with Crippen LogP contribution in [-0.4, -0.2) is 14.3 Å². The smallest absolute Gasteiger partial charge is 0.399 e. The molecule has 0 bridgehead atoms. The lowest BCUT2D eigenvalue weighted by atomic mass is 10.3. The van der Waals surface area contributed by atoms with Crippen molar-refractivity contribution in [3.05, 3.63) is 52.8 Å². The highest BCUT2D eigenvalue weighted by Gasteiger charge is 2.15. The summed E-state index contributed by atoms with van der Waals surface area (Å²) in [6.07, 6.45) is 3.45. The van der Waals surface area contributed by atoms with E-state index >= 15 is 0 Å². The van der Waals surface area contributed by atoms with E-state index < -0.39 is 4.92 Å². The first kappa shape index (κ1) is 9.59. The number of nitro groups is 1. The summed E-state index contributed by atoms with van der Waals surface area (Å²) < 4.78 is 6.95. The minimum atomic E-state index is -0.563. The van der Waals surface area contributed by atoms with Gasteiger partial charge in [0.2, 0.25) is 0 Å². The largest absolute Gasteiger partial charge is 0.433 e. The minimum Gasteiger partial charge on any atom is -0.399 e. The molecule has 0 atom stereocenters. The number of imidazole rings is 1. The van der Waals surface area contributed by atoms with Crippen molar-refractivity contribution in [3.63, 3.8) is 0 Å². The Balaban J connectivity index is 2.17. The van der Waals surface area contributed by atoms with Crippen LogP contribution in [0.2, 0.25) is 0 Å². The van der Waals surface area contributed by atoms with Crippen LogP contribution < -0.4 is 0 Å². The van der Waals surface area contributed by atoms with Gasteiger partial charge in [0, 0.05) is 6.20 Å².